The van der Waals surface area contributed by atoms with Crippen LogP contribution in [0.15, 0.2) is 12.1 Å². The van der Waals surface area contributed by atoms with Gasteiger partial charge in [0.1, 0.15) is 0 Å². The summed E-state index contributed by atoms with van der Waals surface area (Å²) in [6.45, 7) is 3.65. The predicted octanol–water partition coefficient (Wildman–Crippen LogP) is 3.15. The smallest absolute Gasteiger partial charge is 0.263 e. The van der Waals surface area contributed by atoms with Crippen molar-refractivity contribution in [2.45, 2.75) is 31.6 Å². The summed E-state index contributed by atoms with van der Waals surface area (Å²) in [6.07, 6.45) is 3.04. The van der Waals surface area contributed by atoms with Crippen molar-refractivity contribution < 1.29 is 4.79 Å². The van der Waals surface area contributed by atoms with Crippen molar-refractivity contribution in [1.29, 1.82) is 0 Å². The fourth-order valence-corrected chi connectivity index (χ4v) is 3.18. The van der Waals surface area contributed by atoms with Crippen molar-refractivity contribution in [3.8, 4) is 0 Å². The van der Waals surface area contributed by atoms with Gasteiger partial charge >= 0.3 is 0 Å². The van der Waals surface area contributed by atoms with Gasteiger partial charge in [-0.05, 0) is 31.4 Å². The first-order valence-electron chi connectivity index (χ1n) is 5.72. The third-order valence-electron chi connectivity index (χ3n) is 2.87. The fraction of sp³-hybridized carbons (Fsp3) is 0.583. The van der Waals surface area contributed by atoms with Crippen LogP contribution in [0.3, 0.4) is 0 Å². The number of hydrogen-bond donors (Lipinski definition) is 0. The number of carbonyl (C=O) groups is 1. The first-order chi connectivity index (χ1) is 7.70. The fourth-order valence-electron chi connectivity index (χ4n) is 1.95. The first-order valence-corrected chi connectivity index (χ1v) is 6.98. The molecule has 2 rings (SSSR count). The molecule has 2 nitrogen and oxygen atoms in total. The molecule has 1 unspecified atom stereocenters. The normalized spacial score (nSPS) is 21.1. The van der Waals surface area contributed by atoms with Gasteiger partial charge in [0.05, 0.1) is 10.3 Å². The number of alkyl halides is 1. The minimum absolute atomic E-state index is 0.128. The van der Waals surface area contributed by atoms with Crippen molar-refractivity contribution in [2.75, 3.05) is 13.1 Å². The van der Waals surface area contributed by atoms with Crippen molar-refractivity contribution >= 4 is 28.8 Å². The van der Waals surface area contributed by atoms with Crippen molar-refractivity contribution in [1.82, 2.24) is 4.90 Å². The number of thiophene rings is 1. The Kier molecular flexibility index (Phi) is 3.87. The summed E-state index contributed by atoms with van der Waals surface area (Å²) in [4.78, 5) is 16.1. The van der Waals surface area contributed by atoms with E-state index >= 15 is 0 Å². The highest BCUT2D eigenvalue weighted by Crippen LogP contribution is 2.22. The molecule has 1 aromatic heterocycles. The maximum absolute atomic E-state index is 12.2. The third kappa shape index (κ3) is 2.58. The Morgan fingerprint density at radius 2 is 2.44 bits per heavy atom. The van der Waals surface area contributed by atoms with Gasteiger partial charge in [0.25, 0.3) is 5.91 Å². The van der Waals surface area contributed by atoms with Crippen LogP contribution in [0.2, 0.25) is 0 Å². The Morgan fingerprint density at radius 1 is 1.62 bits per heavy atom. The number of likely N-dealkylation sites (tertiary alicyclic amines) is 1. The molecule has 1 saturated heterocycles. The monoisotopic (exact) mass is 257 g/mol. The first kappa shape index (κ1) is 11.9. The van der Waals surface area contributed by atoms with Crippen LogP contribution < -0.4 is 0 Å². The van der Waals surface area contributed by atoms with E-state index in [2.05, 4.69) is 6.92 Å². The number of hydrogen-bond acceptors (Lipinski definition) is 2. The molecular weight excluding hydrogens is 242 g/mol. The molecule has 0 N–H and O–H groups in total. The SMILES string of the molecule is CCc1ccc(C(=O)N2CCCC(Cl)C2)s1. The Bertz CT molecular complexity index is 377. The molecule has 0 radical (unpaired) electrons. The third-order valence-corrected chi connectivity index (χ3v) is 4.45. The van der Waals surface area contributed by atoms with E-state index in [1.165, 1.54) is 4.88 Å². The zero-order valence-corrected chi connectivity index (χ0v) is 11.0. The van der Waals surface area contributed by atoms with Gasteiger partial charge in [0.2, 0.25) is 0 Å². The zero-order chi connectivity index (χ0) is 11.5. The number of carbonyl (C=O) groups excluding carboxylic acids is 1. The molecule has 0 saturated carbocycles. The molecule has 1 fully saturated rings. The molecule has 1 aromatic rings. The van der Waals surface area contributed by atoms with Crippen LogP contribution >= 0.6 is 22.9 Å². The second-order valence-corrected chi connectivity index (χ2v) is 5.90. The molecule has 0 aromatic carbocycles. The van der Waals surface area contributed by atoms with Crippen LogP contribution in [-0.2, 0) is 6.42 Å². The van der Waals surface area contributed by atoms with Crippen LogP contribution in [0.25, 0.3) is 0 Å². The van der Waals surface area contributed by atoms with E-state index in [-0.39, 0.29) is 11.3 Å². The number of rotatable bonds is 2. The van der Waals surface area contributed by atoms with Crippen LogP contribution in [0.5, 0.6) is 0 Å². The molecule has 4 heteroatoms. The van der Waals surface area contributed by atoms with E-state index in [9.17, 15) is 4.79 Å². The Morgan fingerprint density at radius 3 is 3.06 bits per heavy atom. The number of aryl methyl sites for hydroxylation is 1. The summed E-state index contributed by atoms with van der Waals surface area (Å²) in [7, 11) is 0. The molecule has 1 aliphatic rings. The summed E-state index contributed by atoms with van der Waals surface area (Å²) in [5.74, 6) is 0.148. The Balaban J connectivity index is 2.06. The van der Waals surface area contributed by atoms with E-state index < -0.39 is 0 Å². The maximum Gasteiger partial charge on any atom is 0.263 e. The summed E-state index contributed by atoms with van der Waals surface area (Å²) >= 11 is 7.69. The highest BCUT2D eigenvalue weighted by molar-refractivity contribution is 7.14. The largest absolute Gasteiger partial charge is 0.336 e. The second kappa shape index (κ2) is 5.19. The minimum atomic E-state index is 0.128. The maximum atomic E-state index is 12.2. The molecular formula is C12H16ClNOS. The van der Waals surface area contributed by atoms with Crippen molar-refractivity contribution in [2.24, 2.45) is 0 Å². The lowest BCUT2D eigenvalue weighted by atomic mass is 10.1. The molecule has 1 atom stereocenters. The summed E-state index contributed by atoms with van der Waals surface area (Å²) in [6, 6.07) is 3.98. The quantitative estimate of drug-likeness (QED) is 0.746. The lowest BCUT2D eigenvalue weighted by molar-refractivity contribution is 0.0732. The van der Waals surface area contributed by atoms with Crippen LogP contribution in [0.1, 0.15) is 34.3 Å². The van der Waals surface area contributed by atoms with Gasteiger partial charge in [-0.1, -0.05) is 6.92 Å². The van der Waals surface area contributed by atoms with Gasteiger partial charge in [-0.3, -0.25) is 4.79 Å². The minimum Gasteiger partial charge on any atom is -0.336 e. The Labute approximate surface area is 105 Å². The zero-order valence-electron chi connectivity index (χ0n) is 9.41. The van der Waals surface area contributed by atoms with Crippen LogP contribution in [0, 0.1) is 0 Å². The van der Waals surface area contributed by atoms with E-state index in [0.717, 1.165) is 30.7 Å². The Hall–Kier alpha value is -0.540. The second-order valence-electron chi connectivity index (χ2n) is 4.11. The number of halogens is 1. The van der Waals surface area contributed by atoms with E-state index in [1.807, 2.05) is 17.0 Å². The van der Waals surface area contributed by atoms with Crippen molar-refractivity contribution in [3.05, 3.63) is 21.9 Å². The topological polar surface area (TPSA) is 20.3 Å². The highest BCUT2D eigenvalue weighted by atomic mass is 35.5. The van der Waals surface area contributed by atoms with E-state index in [1.54, 1.807) is 11.3 Å². The van der Waals surface area contributed by atoms with Gasteiger partial charge in [0, 0.05) is 18.0 Å². The van der Waals surface area contributed by atoms with Crippen LogP contribution in [0.4, 0.5) is 0 Å². The van der Waals surface area contributed by atoms with E-state index in [0.29, 0.717) is 6.54 Å². The van der Waals surface area contributed by atoms with Crippen molar-refractivity contribution in [3.63, 3.8) is 0 Å². The molecule has 0 bridgehead atoms. The standard InChI is InChI=1S/C12H16ClNOS/c1-2-10-5-6-11(16-10)12(15)14-7-3-4-9(13)8-14/h5-6,9H,2-4,7-8H2,1H3. The number of nitrogens with zero attached hydrogens (tertiary/aromatic N) is 1. The molecule has 1 amide bonds. The van der Waals surface area contributed by atoms with E-state index in [4.69, 9.17) is 11.6 Å². The van der Waals surface area contributed by atoms with Gasteiger partial charge in [-0.15, -0.1) is 22.9 Å². The number of amides is 1. The molecule has 16 heavy (non-hydrogen) atoms. The average Bonchev–Trinajstić information content (AvgIpc) is 2.76. The summed E-state index contributed by atoms with van der Waals surface area (Å²) < 4.78 is 0. The molecule has 0 aliphatic carbocycles. The predicted molar refractivity (Wildman–Crippen MR) is 68.5 cm³/mol. The molecule has 1 aliphatic heterocycles. The summed E-state index contributed by atoms with van der Waals surface area (Å²) in [5.41, 5.74) is 0. The molecule has 2 heterocycles. The molecule has 88 valence electrons. The number of piperidine rings is 1. The van der Waals surface area contributed by atoms with Gasteiger partial charge in [-0.2, -0.15) is 0 Å². The van der Waals surface area contributed by atoms with Gasteiger partial charge in [-0.25, -0.2) is 0 Å². The molecule has 0 spiro atoms. The van der Waals surface area contributed by atoms with Crippen LogP contribution in [-0.4, -0.2) is 29.3 Å². The lowest BCUT2D eigenvalue weighted by Crippen LogP contribution is -2.40. The summed E-state index contributed by atoms with van der Waals surface area (Å²) in [5, 5.41) is 0.128. The average molecular weight is 258 g/mol. The highest BCUT2D eigenvalue weighted by Gasteiger charge is 2.23. The van der Waals surface area contributed by atoms with Gasteiger partial charge in [0.15, 0.2) is 0 Å². The lowest BCUT2D eigenvalue weighted by Gasteiger charge is -2.29. The van der Waals surface area contributed by atoms with Gasteiger partial charge < -0.3 is 4.90 Å².